The standard InChI is InChI=1S/C26H33N3OS/c1-6-29(7-2)23(21-15-13-20(14-16-21)18(3)4)17-27-26(30)24-25(31-19(5)28-24)22-11-9-8-10-12-22/h8-16,18,23H,6-7,17H2,1-5H3,(H,27,30). The van der Waals surface area contributed by atoms with Gasteiger partial charge in [0.2, 0.25) is 0 Å². The van der Waals surface area contributed by atoms with Gasteiger partial charge in [-0.15, -0.1) is 11.3 Å². The number of hydrogen-bond acceptors (Lipinski definition) is 4. The summed E-state index contributed by atoms with van der Waals surface area (Å²) in [5.74, 6) is 0.393. The van der Waals surface area contributed by atoms with Crippen molar-refractivity contribution in [3.8, 4) is 10.4 Å². The van der Waals surface area contributed by atoms with E-state index in [9.17, 15) is 4.79 Å². The Labute approximate surface area is 190 Å². The molecule has 5 heteroatoms. The van der Waals surface area contributed by atoms with Crippen LogP contribution in [0.15, 0.2) is 54.6 Å². The molecule has 0 radical (unpaired) electrons. The Kier molecular flexibility index (Phi) is 7.99. The molecule has 4 nitrogen and oxygen atoms in total. The zero-order valence-electron chi connectivity index (χ0n) is 19.2. The molecule has 3 rings (SSSR count). The van der Waals surface area contributed by atoms with Gasteiger partial charge in [0.25, 0.3) is 5.91 Å². The highest BCUT2D eigenvalue weighted by atomic mass is 32.1. The maximum atomic E-state index is 13.1. The maximum Gasteiger partial charge on any atom is 0.271 e. The molecule has 31 heavy (non-hydrogen) atoms. The summed E-state index contributed by atoms with van der Waals surface area (Å²) in [5, 5.41) is 4.07. The van der Waals surface area contributed by atoms with Crippen LogP contribution >= 0.6 is 11.3 Å². The van der Waals surface area contributed by atoms with Crippen LogP contribution in [0.1, 0.15) is 66.3 Å². The largest absolute Gasteiger partial charge is 0.349 e. The lowest BCUT2D eigenvalue weighted by Gasteiger charge is -2.30. The van der Waals surface area contributed by atoms with Crippen LogP contribution in [-0.4, -0.2) is 35.4 Å². The van der Waals surface area contributed by atoms with Crippen LogP contribution in [0.2, 0.25) is 0 Å². The average molecular weight is 436 g/mol. The van der Waals surface area contributed by atoms with Gasteiger partial charge in [0.1, 0.15) is 5.69 Å². The lowest BCUT2D eigenvalue weighted by atomic mass is 9.98. The molecule has 1 atom stereocenters. The number of hydrogen-bond donors (Lipinski definition) is 1. The van der Waals surface area contributed by atoms with Crippen LogP contribution in [0.5, 0.6) is 0 Å². The van der Waals surface area contributed by atoms with E-state index < -0.39 is 0 Å². The van der Waals surface area contributed by atoms with Gasteiger partial charge < -0.3 is 5.32 Å². The smallest absolute Gasteiger partial charge is 0.271 e. The number of aryl methyl sites for hydroxylation is 1. The van der Waals surface area contributed by atoms with Crippen molar-refractivity contribution in [1.82, 2.24) is 15.2 Å². The molecule has 1 unspecified atom stereocenters. The highest BCUT2D eigenvalue weighted by Gasteiger charge is 2.22. The summed E-state index contributed by atoms with van der Waals surface area (Å²) < 4.78 is 0. The summed E-state index contributed by atoms with van der Waals surface area (Å²) >= 11 is 1.56. The number of benzene rings is 2. The average Bonchev–Trinajstić information content (AvgIpc) is 3.19. The second-order valence-electron chi connectivity index (χ2n) is 8.05. The van der Waals surface area contributed by atoms with E-state index in [0.717, 1.165) is 28.5 Å². The molecule has 1 heterocycles. The molecule has 0 fully saturated rings. The minimum Gasteiger partial charge on any atom is -0.349 e. The number of thiazole rings is 1. The number of amides is 1. The molecule has 1 aromatic heterocycles. The summed E-state index contributed by atoms with van der Waals surface area (Å²) in [6.07, 6.45) is 0. The number of nitrogens with one attached hydrogen (secondary N) is 1. The summed E-state index contributed by atoms with van der Waals surface area (Å²) in [6, 6.07) is 18.9. The Morgan fingerprint density at radius 1 is 1.00 bits per heavy atom. The Hall–Kier alpha value is -2.50. The molecule has 0 spiro atoms. The molecule has 0 aliphatic heterocycles. The number of likely N-dealkylation sites (N-methyl/N-ethyl adjacent to an activating group) is 1. The van der Waals surface area contributed by atoms with E-state index >= 15 is 0 Å². The second kappa shape index (κ2) is 10.7. The molecule has 0 bridgehead atoms. The van der Waals surface area contributed by atoms with Crippen LogP contribution in [0.3, 0.4) is 0 Å². The topological polar surface area (TPSA) is 45.2 Å². The third-order valence-electron chi connectivity index (χ3n) is 5.68. The van der Waals surface area contributed by atoms with Crippen molar-refractivity contribution in [3.63, 3.8) is 0 Å². The van der Waals surface area contributed by atoms with E-state index in [4.69, 9.17) is 0 Å². The Morgan fingerprint density at radius 2 is 1.61 bits per heavy atom. The van der Waals surface area contributed by atoms with Crippen molar-refractivity contribution in [3.05, 3.63) is 76.4 Å². The fourth-order valence-corrected chi connectivity index (χ4v) is 4.79. The number of carbonyl (C=O) groups is 1. The van der Waals surface area contributed by atoms with Crippen molar-refractivity contribution >= 4 is 17.2 Å². The Bertz CT molecular complexity index is 976. The van der Waals surface area contributed by atoms with Crippen molar-refractivity contribution in [2.45, 2.75) is 46.6 Å². The van der Waals surface area contributed by atoms with E-state index in [1.165, 1.54) is 11.1 Å². The van der Waals surface area contributed by atoms with E-state index in [1.54, 1.807) is 11.3 Å². The molecule has 3 aromatic rings. The van der Waals surface area contributed by atoms with Gasteiger partial charge in [-0.05, 0) is 42.6 Å². The first-order valence-corrected chi connectivity index (χ1v) is 11.9. The Morgan fingerprint density at radius 3 is 2.19 bits per heavy atom. The third-order valence-corrected chi connectivity index (χ3v) is 6.70. The molecule has 1 amide bonds. The van der Waals surface area contributed by atoms with Gasteiger partial charge in [0.15, 0.2) is 0 Å². The van der Waals surface area contributed by atoms with E-state index in [1.807, 2.05) is 37.3 Å². The number of nitrogens with zero attached hydrogens (tertiary/aromatic N) is 2. The minimum atomic E-state index is -0.112. The van der Waals surface area contributed by atoms with Crippen LogP contribution < -0.4 is 5.32 Å². The third kappa shape index (κ3) is 5.60. The first-order chi connectivity index (χ1) is 14.9. The Balaban J connectivity index is 1.81. The number of rotatable bonds is 9. The molecule has 0 saturated heterocycles. The van der Waals surface area contributed by atoms with Crippen molar-refractivity contribution in [1.29, 1.82) is 0 Å². The zero-order valence-corrected chi connectivity index (χ0v) is 20.0. The maximum absolute atomic E-state index is 13.1. The zero-order chi connectivity index (χ0) is 22.4. The normalized spacial score (nSPS) is 12.4. The fourth-order valence-electron chi connectivity index (χ4n) is 3.86. The van der Waals surface area contributed by atoms with Crippen molar-refractivity contribution in [2.75, 3.05) is 19.6 Å². The van der Waals surface area contributed by atoms with Gasteiger partial charge in [-0.2, -0.15) is 0 Å². The van der Waals surface area contributed by atoms with E-state index in [2.05, 4.69) is 67.2 Å². The first kappa shape index (κ1) is 23.2. The SMILES string of the molecule is CCN(CC)C(CNC(=O)c1nc(C)sc1-c1ccccc1)c1ccc(C(C)C)cc1. The molecular weight excluding hydrogens is 402 g/mol. The van der Waals surface area contributed by atoms with Crippen LogP contribution in [0.4, 0.5) is 0 Å². The lowest BCUT2D eigenvalue weighted by molar-refractivity contribution is 0.0931. The molecule has 0 saturated carbocycles. The highest BCUT2D eigenvalue weighted by molar-refractivity contribution is 7.15. The van der Waals surface area contributed by atoms with Gasteiger partial charge >= 0.3 is 0 Å². The van der Waals surface area contributed by atoms with Crippen LogP contribution in [0, 0.1) is 6.92 Å². The summed E-state index contributed by atoms with van der Waals surface area (Å²) in [5.41, 5.74) is 4.10. The predicted molar refractivity (Wildman–Crippen MR) is 131 cm³/mol. The molecule has 1 N–H and O–H groups in total. The highest BCUT2D eigenvalue weighted by Crippen LogP contribution is 2.30. The monoisotopic (exact) mass is 435 g/mol. The van der Waals surface area contributed by atoms with Gasteiger partial charge in [-0.1, -0.05) is 82.3 Å². The molecule has 0 aliphatic rings. The van der Waals surface area contributed by atoms with Crippen molar-refractivity contribution < 1.29 is 4.79 Å². The molecular formula is C26H33N3OS. The lowest BCUT2D eigenvalue weighted by Crippen LogP contribution is -2.38. The fraction of sp³-hybridized carbons (Fsp3) is 0.385. The van der Waals surface area contributed by atoms with Gasteiger partial charge in [-0.3, -0.25) is 9.69 Å². The van der Waals surface area contributed by atoms with Crippen LogP contribution in [-0.2, 0) is 0 Å². The van der Waals surface area contributed by atoms with E-state index in [0.29, 0.717) is 18.2 Å². The quantitative estimate of drug-likeness (QED) is 0.445. The summed E-state index contributed by atoms with van der Waals surface area (Å²) in [4.78, 5) is 21.0. The molecule has 2 aromatic carbocycles. The summed E-state index contributed by atoms with van der Waals surface area (Å²) in [7, 11) is 0. The van der Waals surface area contributed by atoms with Gasteiger partial charge in [0.05, 0.1) is 15.9 Å². The van der Waals surface area contributed by atoms with Crippen molar-refractivity contribution in [2.24, 2.45) is 0 Å². The van der Waals surface area contributed by atoms with Gasteiger partial charge in [-0.25, -0.2) is 4.98 Å². The molecule has 164 valence electrons. The predicted octanol–water partition coefficient (Wildman–Crippen LogP) is 6.05. The van der Waals surface area contributed by atoms with Gasteiger partial charge in [0, 0.05) is 6.54 Å². The number of carbonyl (C=O) groups excluding carboxylic acids is 1. The summed E-state index contributed by atoms with van der Waals surface area (Å²) in [6.45, 7) is 13.1. The minimum absolute atomic E-state index is 0.112. The second-order valence-corrected chi connectivity index (χ2v) is 9.25. The van der Waals surface area contributed by atoms with E-state index in [-0.39, 0.29) is 11.9 Å². The van der Waals surface area contributed by atoms with Crippen LogP contribution in [0.25, 0.3) is 10.4 Å². The first-order valence-electron chi connectivity index (χ1n) is 11.1. The molecule has 0 aliphatic carbocycles. The number of aromatic nitrogens is 1.